The maximum absolute atomic E-state index is 13.8. The summed E-state index contributed by atoms with van der Waals surface area (Å²) in [7, 11) is 0. The topological polar surface area (TPSA) is 86.6 Å². The van der Waals surface area contributed by atoms with Crippen LogP contribution in [-0.4, -0.2) is 40.2 Å². The van der Waals surface area contributed by atoms with Gasteiger partial charge >= 0.3 is 0 Å². The second kappa shape index (κ2) is 9.03. The molecule has 4 rings (SSSR count). The molecule has 1 aliphatic heterocycles. The molecule has 5 heteroatoms. The molecule has 1 amide bonds. The number of allylic oxidation sites excluding steroid dienone is 2. The predicted octanol–water partition coefficient (Wildman–Crippen LogP) is 3.38. The van der Waals surface area contributed by atoms with Gasteiger partial charge in [-0.1, -0.05) is 74.1 Å². The van der Waals surface area contributed by atoms with Gasteiger partial charge in [0, 0.05) is 29.7 Å². The molecular formula is C28H35NO4. The number of benzene rings is 1. The first-order valence-corrected chi connectivity index (χ1v) is 12.0. The summed E-state index contributed by atoms with van der Waals surface area (Å²) in [6.45, 7) is 7.61. The molecule has 176 valence electrons. The summed E-state index contributed by atoms with van der Waals surface area (Å²) in [5.74, 6) is -1.55. The molecular weight excluding hydrogens is 414 g/mol. The third kappa shape index (κ3) is 3.81. The number of carbonyl (C=O) groups is 2. The van der Waals surface area contributed by atoms with E-state index in [0.29, 0.717) is 12.8 Å². The van der Waals surface area contributed by atoms with Crippen LogP contribution in [0.1, 0.15) is 39.7 Å². The highest BCUT2D eigenvalue weighted by atomic mass is 16.3. The first kappa shape index (κ1) is 23.7. The van der Waals surface area contributed by atoms with Crippen LogP contribution in [0.4, 0.5) is 0 Å². The van der Waals surface area contributed by atoms with Gasteiger partial charge in [-0.25, -0.2) is 0 Å². The quantitative estimate of drug-likeness (QED) is 0.604. The molecule has 1 fully saturated rings. The minimum absolute atomic E-state index is 0.103. The number of carbonyl (C=O) groups excluding carboxylic acids is 2. The summed E-state index contributed by atoms with van der Waals surface area (Å²) in [4.78, 5) is 26.5. The Bertz CT molecular complexity index is 1010. The van der Waals surface area contributed by atoms with Gasteiger partial charge in [-0.2, -0.15) is 0 Å². The van der Waals surface area contributed by atoms with E-state index < -0.39 is 23.5 Å². The number of Topliss-reactive ketones (excluding diaryl/α,β-unsaturated/α-hetero) is 1. The van der Waals surface area contributed by atoms with Crippen molar-refractivity contribution in [3.05, 3.63) is 71.3 Å². The number of rotatable bonds is 2. The van der Waals surface area contributed by atoms with Crippen LogP contribution in [-0.2, 0) is 16.0 Å². The van der Waals surface area contributed by atoms with Crippen molar-refractivity contribution in [2.45, 2.75) is 58.8 Å². The Morgan fingerprint density at radius 2 is 1.70 bits per heavy atom. The molecule has 3 aliphatic rings. The smallest absolute Gasteiger partial charge is 0.230 e. The molecule has 0 aromatic heterocycles. The van der Waals surface area contributed by atoms with Crippen LogP contribution in [0.3, 0.4) is 0 Å². The van der Waals surface area contributed by atoms with Crippen molar-refractivity contribution in [1.29, 1.82) is 0 Å². The number of ketones is 1. The average molecular weight is 450 g/mol. The zero-order chi connectivity index (χ0) is 23.9. The monoisotopic (exact) mass is 449 g/mol. The molecule has 2 aliphatic carbocycles. The first-order chi connectivity index (χ1) is 15.7. The molecule has 0 unspecified atom stereocenters. The fourth-order valence-electron chi connectivity index (χ4n) is 6.22. The number of aliphatic hydroxyl groups excluding tert-OH is 2. The summed E-state index contributed by atoms with van der Waals surface area (Å²) in [6.07, 6.45) is 6.26. The van der Waals surface area contributed by atoms with Gasteiger partial charge in [-0.05, 0) is 37.8 Å². The molecule has 1 aromatic rings. The Balaban J connectivity index is 1.87. The van der Waals surface area contributed by atoms with Gasteiger partial charge in [-0.15, -0.1) is 0 Å². The average Bonchev–Trinajstić information content (AvgIpc) is 3.09. The number of hydrogen-bond donors (Lipinski definition) is 3. The number of amides is 1. The van der Waals surface area contributed by atoms with E-state index in [-0.39, 0.29) is 35.5 Å². The molecule has 1 spiro atoms. The number of nitrogens with one attached hydrogen (secondary N) is 1. The van der Waals surface area contributed by atoms with Crippen LogP contribution < -0.4 is 5.32 Å². The fourth-order valence-corrected chi connectivity index (χ4v) is 6.22. The van der Waals surface area contributed by atoms with E-state index in [0.717, 1.165) is 16.7 Å². The molecule has 5 nitrogen and oxygen atoms in total. The minimum Gasteiger partial charge on any atom is -0.388 e. The van der Waals surface area contributed by atoms with Gasteiger partial charge in [0.05, 0.1) is 17.6 Å². The standard InChI is InChI=1S/C28H35NO4/c1-16-9-8-12-21-26(32)19(4)18(3)24-22(15-20-10-6-5-7-11-20)29-27(33)28(21,24)23(30)14-13-17(2)25(16)31/h5-8,10-14,16-17,21-24,26,30,32H,9,15H2,1-4H3,(H,29,33)/b12-8+,14-13+/t16-,17-,21-,22-,23+,24-,26+,28+/m0/s1. The van der Waals surface area contributed by atoms with E-state index in [2.05, 4.69) is 5.32 Å². The van der Waals surface area contributed by atoms with Crippen LogP contribution in [0.2, 0.25) is 0 Å². The van der Waals surface area contributed by atoms with Crippen molar-refractivity contribution in [3.8, 4) is 0 Å². The summed E-state index contributed by atoms with van der Waals surface area (Å²) >= 11 is 0. The Labute approximate surface area is 196 Å². The van der Waals surface area contributed by atoms with Gasteiger partial charge in [0.15, 0.2) is 0 Å². The highest BCUT2D eigenvalue weighted by Gasteiger charge is 2.65. The summed E-state index contributed by atoms with van der Waals surface area (Å²) in [5.41, 5.74) is 1.67. The third-order valence-corrected chi connectivity index (χ3v) is 8.19. The normalized spacial score (nSPS) is 41.0. The van der Waals surface area contributed by atoms with Crippen LogP contribution in [0.5, 0.6) is 0 Å². The van der Waals surface area contributed by atoms with Crippen molar-refractivity contribution < 1.29 is 19.8 Å². The molecule has 33 heavy (non-hydrogen) atoms. The van der Waals surface area contributed by atoms with E-state index in [4.69, 9.17) is 0 Å². The molecule has 8 atom stereocenters. The Hall–Kier alpha value is -2.50. The number of aliphatic hydroxyl groups is 2. The molecule has 0 saturated carbocycles. The Morgan fingerprint density at radius 3 is 2.39 bits per heavy atom. The van der Waals surface area contributed by atoms with Crippen LogP contribution in [0, 0.1) is 29.1 Å². The lowest BCUT2D eigenvalue weighted by molar-refractivity contribution is -0.141. The predicted molar refractivity (Wildman–Crippen MR) is 128 cm³/mol. The molecule has 0 bridgehead atoms. The van der Waals surface area contributed by atoms with Gasteiger partial charge < -0.3 is 15.5 Å². The van der Waals surface area contributed by atoms with E-state index in [9.17, 15) is 19.8 Å². The van der Waals surface area contributed by atoms with Gasteiger partial charge in [0.2, 0.25) is 5.91 Å². The fraction of sp³-hybridized carbons (Fsp3) is 0.500. The lowest BCUT2D eigenvalue weighted by Gasteiger charge is -2.48. The lowest BCUT2D eigenvalue weighted by atomic mass is 9.54. The Morgan fingerprint density at radius 1 is 1.00 bits per heavy atom. The summed E-state index contributed by atoms with van der Waals surface area (Å²) in [6, 6.07) is 9.81. The van der Waals surface area contributed by atoms with Gasteiger partial charge in [0.25, 0.3) is 0 Å². The molecule has 1 saturated heterocycles. The maximum atomic E-state index is 13.8. The van der Waals surface area contributed by atoms with Crippen molar-refractivity contribution in [1.82, 2.24) is 5.32 Å². The van der Waals surface area contributed by atoms with Crippen molar-refractivity contribution in [3.63, 3.8) is 0 Å². The largest absolute Gasteiger partial charge is 0.388 e. The molecule has 0 radical (unpaired) electrons. The number of hydrogen-bond acceptors (Lipinski definition) is 4. The molecule has 1 heterocycles. The van der Waals surface area contributed by atoms with Crippen LogP contribution in [0.25, 0.3) is 0 Å². The van der Waals surface area contributed by atoms with Crippen molar-refractivity contribution in [2.24, 2.45) is 29.1 Å². The Kier molecular flexibility index (Phi) is 6.47. The van der Waals surface area contributed by atoms with Crippen LogP contribution >= 0.6 is 0 Å². The maximum Gasteiger partial charge on any atom is 0.230 e. The summed E-state index contributed by atoms with van der Waals surface area (Å²) < 4.78 is 0. The van der Waals surface area contributed by atoms with Gasteiger partial charge in [0.1, 0.15) is 5.78 Å². The zero-order valence-electron chi connectivity index (χ0n) is 19.9. The third-order valence-electron chi connectivity index (χ3n) is 8.19. The highest BCUT2D eigenvalue weighted by Crippen LogP contribution is 2.56. The van der Waals surface area contributed by atoms with Gasteiger partial charge in [-0.3, -0.25) is 9.59 Å². The van der Waals surface area contributed by atoms with E-state index >= 15 is 0 Å². The second-order valence-corrected chi connectivity index (χ2v) is 10.1. The first-order valence-electron chi connectivity index (χ1n) is 12.0. The zero-order valence-corrected chi connectivity index (χ0v) is 19.9. The minimum atomic E-state index is -1.24. The van der Waals surface area contributed by atoms with E-state index in [1.54, 1.807) is 12.2 Å². The van der Waals surface area contributed by atoms with Crippen molar-refractivity contribution >= 4 is 11.7 Å². The van der Waals surface area contributed by atoms with Crippen molar-refractivity contribution in [2.75, 3.05) is 0 Å². The van der Waals surface area contributed by atoms with Crippen LogP contribution in [0.15, 0.2) is 65.8 Å². The SMILES string of the molecule is CC1=C(C)[C@H]2[C@H](Cc3ccccc3)NC(=O)[C@]23[C@H](O)/C=C/[C@H](C)C(=O)[C@@H](C)C/C=C/[C@H]3[C@@H]1O. The van der Waals surface area contributed by atoms with E-state index in [1.807, 2.05) is 70.2 Å². The second-order valence-electron chi connectivity index (χ2n) is 10.1. The molecule has 3 N–H and O–H groups in total. The lowest BCUT2D eigenvalue weighted by Crippen LogP contribution is -2.57. The highest BCUT2D eigenvalue weighted by molar-refractivity contribution is 5.89. The molecule has 1 aromatic carbocycles. The van der Waals surface area contributed by atoms with E-state index in [1.165, 1.54) is 0 Å². The summed E-state index contributed by atoms with van der Waals surface area (Å²) in [5, 5.41) is 26.1.